The molecule has 0 radical (unpaired) electrons. The average molecular weight is 465 g/mol. The number of rotatable bonds is 14. The summed E-state index contributed by atoms with van der Waals surface area (Å²) >= 11 is 5.78. The maximum Gasteiger partial charge on any atom is 0.00323 e. The molecule has 33 heavy (non-hydrogen) atoms. The molecule has 1 heteroatoms. The minimum atomic E-state index is 0.488. The first kappa shape index (κ1) is 27.8. The summed E-state index contributed by atoms with van der Waals surface area (Å²) in [6.45, 7) is 13.3. The van der Waals surface area contributed by atoms with Crippen molar-refractivity contribution < 1.29 is 0 Å². The van der Waals surface area contributed by atoms with Crippen molar-refractivity contribution in [2.75, 3.05) is 0 Å². The molecule has 0 spiro atoms. The van der Waals surface area contributed by atoms with Gasteiger partial charge in [-0.1, -0.05) is 119 Å². The molecule has 1 aliphatic carbocycles. The second kappa shape index (κ2) is 14.7. The molecule has 3 unspecified atom stereocenters. The molecule has 1 aromatic rings. The lowest BCUT2D eigenvalue weighted by molar-refractivity contribution is 0.0896. The molecule has 0 bridgehead atoms. The second-order valence-electron chi connectivity index (χ2n) is 10.6. The molecule has 0 aromatic heterocycles. The van der Waals surface area contributed by atoms with Crippen molar-refractivity contribution in [1.82, 2.24) is 0 Å². The molecule has 2 rings (SSSR count). The highest BCUT2D eigenvalue weighted by Gasteiger charge is 2.39. The Kier molecular flexibility index (Phi) is 12.4. The fraction of sp³-hybridized carbons (Fsp3) is 0.594. The van der Waals surface area contributed by atoms with E-state index in [2.05, 4.69) is 82.8 Å². The van der Waals surface area contributed by atoms with Crippen LogP contribution in [0.2, 0.25) is 0 Å². The van der Waals surface area contributed by atoms with Crippen LogP contribution in [0.1, 0.15) is 116 Å². The van der Waals surface area contributed by atoms with Crippen molar-refractivity contribution >= 4 is 17.1 Å². The maximum atomic E-state index is 5.78. The van der Waals surface area contributed by atoms with Gasteiger partial charge in [-0.05, 0) is 86.0 Å². The van der Waals surface area contributed by atoms with Crippen molar-refractivity contribution in [3.63, 3.8) is 0 Å². The molecule has 1 aromatic carbocycles. The smallest absolute Gasteiger partial charge is 0.00323 e. The van der Waals surface area contributed by atoms with Crippen LogP contribution in [0.5, 0.6) is 0 Å². The standard InChI is InChI=1S/C32H48S/c1-6-14-28-23-30(29-17-10-9-11-18-29)25-32(24-28,20-7-2)21-13-19-31(33)22-27(5)16-12-15-26(4)8-3/h9-12,15-18,28,30H,5-8,13-14,19-25H2,1-4H3/b16-12-,26-15+. The number of benzene rings is 1. The summed E-state index contributed by atoms with van der Waals surface area (Å²) in [5.74, 6) is 1.59. The van der Waals surface area contributed by atoms with Crippen LogP contribution >= 0.6 is 12.2 Å². The van der Waals surface area contributed by atoms with Gasteiger partial charge in [-0.2, -0.15) is 0 Å². The third-order valence-corrected chi connectivity index (χ3v) is 7.97. The van der Waals surface area contributed by atoms with E-state index in [4.69, 9.17) is 12.2 Å². The van der Waals surface area contributed by atoms with Crippen molar-refractivity contribution in [3.8, 4) is 0 Å². The monoisotopic (exact) mass is 464 g/mol. The molecular weight excluding hydrogens is 416 g/mol. The molecule has 1 saturated carbocycles. The Morgan fingerprint density at radius 2 is 1.85 bits per heavy atom. The summed E-state index contributed by atoms with van der Waals surface area (Å²) in [6.07, 6.45) is 21.5. The molecule has 0 saturated heterocycles. The first-order chi connectivity index (χ1) is 15.9. The van der Waals surface area contributed by atoms with Gasteiger partial charge in [0.1, 0.15) is 0 Å². The molecule has 0 nitrogen and oxygen atoms in total. The van der Waals surface area contributed by atoms with E-state index in [0.717, 1.165) is 36.7 Å². The fourth-order valence-corrected chi connectivity index (χ4v) is 6.32. The first-order valence-electron chi connectivity index (χ1n) is 13.5. The highest BCUT2D eigenvalue weighted by molar-refractivity contribution is 7.80. The third kappa shape index (κ3) is 9.73. The van der Waals surface area contributed by atoms with E-state index >= 15 is 0 Å². The van der Waals surface area contributed by atoms with Gasteiger partial charge in [0.15, 0.2) is 0 Å². The van der Waals surface area contributed by atoms with Gasteiger partial charge >= 0.3 is 0 Å². The molecular formula is C32H48S. The Morgan fingerprint density at radius 3 is 2.52 bits per heavy atom. The minimum absolute atomic E-state index is 0.488. The molecule has 1 fully saturated rings. The highest BCUT2D eigenvalue weighted by Crippen LogP contribution is 2.52. The third-order valence-electron chi connectivity index (χ3n) is 7.62. The molecule has 0 heterocycles. The quantitative estimate of drug-likeness (QED) is 0.195. The van der Waals surface area contributed by atoms with Crippen LogP contribution in [0.25, 0.3) is 0 Å². The van der Waals surface area contributed by atoms with E-state index in [1.165, 1.54) is 68.2 Å². The van der Waals surface area contributed by atoms with Gasteiger partial charge in [0.2, 0.25) is 0 Å². The zero-order chi connectivity index (χ0) is 24.1. The van der Waals surface area contributed by atoms with Crippen LogP contribution in [-0.4, -0.2) is 4.86 Å². The van der Waals surface area contributed by atoms with E-state index in [0.29, 0.717) is 5.41 Å². The summed E-state index contributed by atoms with van der Waals surface area (Å²) in [4.78, 5) is 1.17. The predicted octanol–water partition coefficient (Wildman–Crippen LogP) is 10.6. The second-order valence-corrected chi connectivity index (χ2v) is 11.2. The molecule has 3 atom stereocenters. The van der Waals surface area contributed by atoms with Crippen molar-refractivity contribution in [1.29, 1.82) is 0 Å². The predicted molar refractivity (Wildman–Crippen MR) is 152 cm³/mol. The SMILES string of the molecule is C=C(/C=C\C=C(/C)CC)CC(=S)CCCC1(CCC)CC(CCC)CC(c2ccccc2)C1. The first-order valence-corrected chi connectivity index (χ1v) is 13.9. The van der Waals surface area contributed by atoms with Gasteiger partial charge in [-0.25, -0.2) is 0 Å². The summed E-state index contributed by atoms with van der Waals surface area (Å²) in [5.41, 5.74) is 4.58. The van der Waals surface area contributed by atoms with E-state index in [1.807, 2.05) is 0 Å². The van der Waals surface area contributed by atoms with Crippen LogP contribution < -0.4 is 0 Å². The largest absolute Gasteiger partial charge is 0.0955 e. The molecule has 182 valence electrons. The Morgan fingerprint density at radius 1 is 1.09 bits per heavy atom. The topological polar surface area (TPSA) is 0 Å². The van der Waals surface area contributed by atoms with E-state index in [-0.39, 0.29) is 0 Å². The highest BCUT2D eigenvalue weighted by atomic mass is 32.1. The number of thiocarbonyl (C=S) groups is 1. The lowest BCUT2D eigenvalue weighted by Gasteiger charge is -2.45. The minimum Gasteiger partial charge on any atom is -0.0955 e. The Balaban J connectivity index is 1.98. The van der Waals surface area contributed by atoms with E-state index in [1.54, 1.807) is 5.56 Å². The Labute approximate surface area is 210 Å². The van der Waals surface area contributed by atoms with Gasteiger partial charge in [-0.15, -0.1) is 0 Å². The van der Waals surface area contributed by atoms with Gasteiger partial charge < -0.3 is 0 Å². The van der Waals surface area contributed by atoms with Crippen LogP contribution in [0.3, 0.4) is 0 Å². The fourth-order valence-electron chi connectivity index (χ4n) is 5.99. The van der Waals surface area contributed by atoms with E-state index < -0.39 is 0 Å². The van der Waals surface area contributed by atoms with Crippen LogP contribution in [-0.2, 0) is 0 Å². The molecule has 0 amide bonds. The lowest BCUT2D eigenvalue weighted by atomic mass is 9.59. The van der Waals surface area contributed by atoms with Crippen LogP contribution in [0.15, 0.2) is 66.3 Å². The van der Waals surface area contributed by atoms with E-state index in [9.17, 15) is 0 Å². The van der Waals surface area contributed by atoms with Crippen LogP contribution in [0.4, 0.5) is 0 Å². The van der Waals surface area contributed by atoms with Gasteiger partial charge in [0, 0.05) is 6.42 Å². The van der Waals surface area contributed by atoms with Gasteiger partial charge in [0.05, 0.1) is 0 Å². The molecule has 1 aliphatic rings. The molecule has 0 aliphatic heterocycles. The lowest BCUT2D eigenvalue weighted by Crippen LogP contribution is -2.33. The summed E-state index contributed by atoms with van der Waals surface area (Å²) in [5, 5.41) is 0. The number of allylic oxidation sites excluding steroid dienone is 5. The number of hydrogen-bond acceptors (Lipinski definition) is 1. The number of hydrogen-bond donors (Lipinski definition) is 0. The van der Waals surface area contributed by atoms with Crippen molar-refractivity contribution in [2.45, 2.75) is 111 Å². The molecule has 0 N–H and O–H groups in total. The Bertz CT molecular complexity index is 784. The van der Waals surface area contributed by atoms with Gasteiger partial charge in [0.25, 0.3) is 0 Å². The summed E-state index contributed by atoms with van der Waals surface area (Å²) in [6, 6.07) is 11.3. The maximum absolute atomic E-state index is 5.78. The zero-order valence-corrected chi connectivity index (χ0v) is 22.7. The van der Waals surface area contributed by atoms with Crippen molar-refractivity contribution in [2.24, 2.45) is 11.3 Å². The summed E-state index contributed by atoms with van der Waals surface area (Å²) < 4.78 is 0. The van der Waals surface area contributed by atoms with Gasteiger partial charge in [-0.3, -0.25) is 0 Å². The zero-order valence-electron chi connectivity index (χ0n) is 21.9. The average Bonchev–Trinajstić information content (AvgIpc) is 2.79. The van der Waals surface area contributed by atoms with Crippen LogP contribution in [0, 0.1) is 11.3 Å². The normalized spacial score (nSPS) is 23.7. The summed E-state index contributed by atoms with van der Waals surface area (Å²) in [7, 11) is 0. The van der Waals surface area contributed by atoms with Crippen molar-refractivity contribution in [3.05, 3.63) is 71.8 Å². The Hall–Kier alpha value is -1.47.